The lowest BCUT2D eigenvalue weighted by Gasteiger charge is -2.29. The molecule has 15 aromatic rings. The molecule has 5 fully saturated rings. The van der Waals surface area contributed by atoms with Gasteiger partial charge in [0, 0.05) is 189 Å². The molecule has 23 heteroatoms. The lowest BCUT2D eigenvalue weighted by Crippen LogP contribution is -2.37. The van der Waals surface area contributed by atoms with Crippen LogP contribution in [0.3, 0.4) is 0 Å². The van der Waals surface area contributed by atoms with Gasteiger partial charge in [0.1, 0.15) is 34.8 Å². The summed E-state index contributed by atoms with van der Waals surface area (Å²) in [6, 6.07) is 74.3. The Hall–Kier alpha value is -12.9. The fourth-order valence-corrected chi connectivity index (χ4v) is 15.5. The molecule has 5 aliphatic rings. The highest BCUT2D eigenvalue weighted by molar-refractivity contribution is 5.96. The van der Waals surface area contributed by atoms with Crippen LogP contribution in [0.15, 0.2) is 249 Å². The number of hydrogen-bond donors (Lipinski definition) is 2. The van der Waals surface area contributed by atoms with Crippen molar-refractivity contribution in [2.45, 2.75) is 33.6 Å². The molecule has 10 aromatic heterocycles. The second-order valence-electron chi connectivity index (χ2n) is 30.2. The molecule has 2 N–H and O–H groups in total. The molecule has 23 nitrogen and oxygen atoms in total. The quantitative estimate of drug-likeness (QED) is 0.0864. The van der Waals surface area contributed by atoms with Crippen molar-refractivity contribution in [2.75, 3.05) is 187 Å². The molecule has 15 heterocycles. The number of hydrogen-bond acceptors (Lipinski definition) is 23. The van der Waals surface area contributed by atoms with Gasteiger partial charge in [0.15, 0.2) is 0 Å². The van der Waals surface area contributed by atoms with Gasteiger partial charge in [0.05, 0.1) is 124 Å². The monoisotopic (exact) mass is 1610 g/mol. The number of aromatic nitrogens is 10. The Kier molecular flexibility index (Phi) is 27.5. The molecule has 0 aliphatic carbocycles. The van der Waals surface area contributed by atoms with Crippen LogP contribution in [-0.2, 0) is 36.5 Å². The van der Waals surface area contributed by atoms with Crippen LogP contribution in [0.1, 0.15) is 28.1 Å². The number of ether oxygens (including phenoxy) is 6. The van der Waals surface area contributed by atoms with Gasteiger partial charge in [-0.15, -0.1) is 0 Å². The number of para-hydroxylation sites is 3. The van der Waals surface area contributed by atoms with Crippen molar-refractivity contribution in [3.63, 3.8) is 0 Å². The van der Waals surface area contributed by atoms with Crippen molar-refractivity contribution in [1.82, 2.24) is 49.8 Å². The third kappa shape index (κ3) is 20.9. The molecule has 0 bridgehead atoms. The van der Waals surface area contributed by atoms with Crippen LogP contribution in [0.25, 0.3) is 88.3 Å². The minimum Gasteiger partial charge on any atom is -0.496 e. The molecule has 0 radical (unpaired) electrons. The Balaban J connectivity index is 0.000000112. The highest BCUT2D eigenvalue weighted by Gasteiger charge is 2.24. The molecule has 0 spiro atoms. The molecule has 5 aliphatic heterocycles. The molecule has 5 saturated heterocycles. The van der Waals surface area contributed by atoms with Crippen molar-refractivity contribution in [3.05, 3.63) is 277 Å². The van der Waals surface area contributed by atoms with Gasteiger partial charge in [-0.25, -0.2) is 24.9 Å². The van der Waals surface area contributed by atoms with Gasteiger partial charge in [-0.2, -0.15) is 0 Å². The fraction of sp³-hybridized carbons (Fsp3) is 0.286. The summed E-state index contributed by atoms with van der Waals surface area (Å²) in [6.45, 7) is 24.1. The number of nitrogens with zero attached hydrogens (tertiary/aromatic N) is 15. The number of benzene rings is 5. The van der Waals surface area contributed by atoms with E-state index in [0.717, 1.165) is 309 Å². The molecule has 0 unspecified atom stereocenters. The number of anilines is 7. The lowest BCUT2D eigenvalue weighted by molar-refractivity contribution is 0.122. The van der Waals surface area contributed by atoms with E-state index in [1.165, 1.54) is 11.1 Å². The Morgan fingerprint density at radius 2 is 0.678 bits per heavy atom. The highest BCUT2D eigenvalue weighted by atomic mass is 16.5. The van der Waals surface area contributed by atoms with Gasteiger partial charge in [0.2, 0.25) is 0 Å². The van der Waals surface area contributed by atoms with Crippen LogP contribution >= 0.6 is 0 Å². The first kappa shape index (κ1) is 81.8. The van der Waals surface area contributed by atoms with Crippen molar-refractivity contribution >= 4 is 95.0 Å². The molecule has 20 rings (SSSR count). The zero-order valence-electron chi connectivity index (χ0n) is 69.3. The molecule has 0 amide bonds. The van der Waals surface area contributed by atoms with Crippen LogP contribution in [0.2, 0.25) is 0 Å². The second kappa shape index (κ2) is 40.7. The topological polar surface area (TPSA) is 225 Å². The maximum Gasteiger partial charge on any atom is 0.138 e. The molecule has 5 aromatic carbocycles. The summed E-state index contributed by atoms with van der Waals surface area (Å²) in [6.07, 6.45) is 10.9. The van der Waals surface area contributed by atoms with Crippen LogP contribution in [0.4, 0.5) is 40.5 Å². The summed E-state index contributed by atoms with van der Waals surface area (Å²) in [5, 5.41) is 12.4. The molecular weight excluding hydrogens is 1510 g/mol. The van der Waals surface area contributed by atoms with Crippen molar-refractivity contribution in [3.8, 4) is 39.5 Å². The summed E-state index contributed by atoms with van der Waals surface area (Å²) in [7, 11) is 1.70. The second-order valence-corrected chi connectivity index (χ2v) is 30.2. The molecule has 121 heavy (non-hydrogen) atoms. The normalized spacial score (nSPS) is 14.8. The van der Waals surface area contributed by atoms with Gasteiger partial charge in [-0.3, -0.25) is 24.9 Å². The number of nitrogens with one attached hydrogen (secondary N) is 2. The molecular formula is C98H103N17O6. The Labute approximate surface area is 706 Å². The third-order valence-electron chi connectivity index (χ3n) is 21.9. The predicted molar refractivity (Wildman–Crippen MR) is 487 cm³/mol. The average Bonchev–Trinajstić information content (AvgIpc) is 0.796. The molecule has 0 saturated carbocycles. The summed E-state index contributed by atoms with van der Waals surface area (Å²) in [5.74, 6) is 5.88. The first-order valence-corrected chi connectivity index (χ1v) is 42.0. The van der Waals surface area contributed by atoms with Crippen molar-refractivity contribution in [2.24, 2.45) is 0 Å². The first-order valence-electron chi connectivity index (χ1n) is 42.0. The first-order chi connectivity index (χ1) is 59.7. The number of morpholine rings is 5. The van der Waals surface area contributed by atoms with Gasteiger partial charge in [-0.05, 0) is 142 Å². The van der Waals surface area contributed by atoms with Crippen LogP contribution in [0.5, 0.6) is 5.75 Å². The summed E-state index contributed by atoms with van der Waals surface area (Å²) < 4.78 is 33.0. The molecule has 616 valence electrons. The van der Waals surface area contributed by atoms with Gasteiger partial charge >= 0.3 is 0 Å². The standard InChI is InChI=1S/2C20H22N4O.C20H21N3O2.2C19H19N3O/c1-2-5-16(6-3-1)21-10-8-17-15-19-18(7-4-9-22-19)20(23-17)24-11-13-25-14-12-24;1-2-5-16(6-3-1)21-10-8-18-17-7-4-9-22-19(17)15-20(23-18)24-11-13-25-14-12-24;1-14-5-3-6-15(19(14)24-2)18-13-17-16(7-4-8-21-17)20(22-18)23-9-11-25-12-10-23;2*1-14-4-6-15(7-5-14)17-13-18-16(3-2-8-20-18)19(21-17)22-9-11-23-12-10-22/h2*1-7,9,15,21H,8,10-14H2;3-8,13H,9-12H2,1-2H3;2*2-8,13H,9-12H2,1H3. The Morgan fingerprint density at radius 1 is 0.322 bits per heavy atom. The predicted octanol–water partition coefficient (Wildman–Crippen LogP) is 16.6. The number of aryl methyl sites for hydroxylation is 3. The van der Waals surface area contributed by atoms with Crippen LogP contribution < -0.4 is 39.9 Å². The van der Waals surface area contributed by atoms with E-state index >= 15 is 0 Å². The maximum atomic E-state index is 5.63. The average molecular weight is 1620 g/mol. The van der Waals surface area contributed by atoms with E-state index < -0.39 is 0 Å². The van der Waals surface area contributed by atoms with E-state index in [-0.39, 0.29) is 0 Å². The van der Waals surface area contributed by atoms with E-state index in [4.69, 9.17) is 53.3 Å². The van der Waals surface area contributed by atoms with Crippen LogP contribution in [0, 0.1) is 20.8 Å². The van der Waals surface area contributed by atoms with Crippen LogP contribution in [-0.4, -0.2) is 202 Å². The smallest absolute Gasteiger partial charge is 0.138 e. The number of methoxy groups -OCH3 is 1. The number of fused-ring (bicyclic) bond motifs is 5. The zero-order valence-corrected chi connectivity index (χ0v) is 69.3. The van der Waals surface area contributed by atoms with Gasteiger partial charge in [0.25, 0.3) is 0 Å². The summed E-state index contributed by atoms with van der Waals surface area (Å²) >= 11 is 0. The third-order valence-corrected chi connectivity index (χ3v) is 21.9. The van der Waals surface area contributed by atoms with E-state index in [1.807, 2.05) is 129 Å². The number of rotatable bonds is 17. The Bertz CT molecular complexity index is 5740. The maximum absolute atomic E-state index is 5.63. The van der Waals surface area contributed by atoms with Gasteiger partial charge in [-0.1, -0.05) is 108 Å². The van der Waals surface area contributed by atoms with Crippen molar-refractivity contribution < 1.29 is 28.4 Å². The van der Waals surface area contributed by atoms with Gasteiger partial charge < -0.3 is 63.6 Å². The van der Waals surface area contributed by atoms with E-state index in [1.54, 1.807) is 7.11 Å². The lowest BCUT2D eigenvalue weighted by atomic mass is 10.0. The van der Waals surface area contributed by atoms with E-state index in [2.05, 4.69) is 201 Å². The van der Waals surface area contributed by atoms with E-state index in [9.17, 15) is 0 Å². The zero-order chi connectivity index (χ0) is 82.3. The SMILES string of the molecule is COc1c(C)cccc1-c1cc2ncccc2c(N2CCOCC2)n1.Cc1ccc(-c2cc3ncccc3c(N3CCOCC3)n2)cc1.Cc1ccc(-c2cc3ncccc3c(N3CCOCC3)n2)cc1.c1ccc(NCCc2cc3ncccc3c(N3CCOCC3)n2)cc1.c1ccc(NCCc2nc(N3CCOCC3)cc3ncccc23)cc1. The minimum absolute atomic E-state index is 0.724. The fourth-order valence-electron chi connectivity index (χ4n) is 15.5. The largest absolute Gasteiger partial charge is 0.496 e. The number of pyridine rings is 10. The summed E-state index contributed by atoms with van der Waals surface area (Å²) in [5.41, 5.74) is 19.0. The van der Waals surface area contributed by atoms with Crippen molar-refractivity contribution in [1.29, 1.82) is 0 Å². The molecule has 0 atom stereocenters. The minimum atomic E-state index is 0.724. The Morgan fingerprint density at radius 3 is 1.09 bits per heavy atom. The highest BCUT2D eigenvalue weighted by Crippen LogP contribution is 2.38. The van der Waals surface area contributed by atoms with E-state index in [0.29, 0.717) is 0 Å². The summed E-state index contributed by atoms with van der Waals surface area (Å²) in [4.78, 5) is 59.0.